The number of hydroxylamine groups is 1. The molecule has 0 aliphatic rings. The van der Waals surface area contributed by atoms with Gasteiger partial charge in [0.25, 0.3) is 0 Å². The number of halogens is 3. The number of aliphatic imine (C=N–C) groups is 2. The second-order valence-electron chi connectivity index (χ2n) is 6.86. The number of rotatable bonds is 7. The van der Waals surface area contributed by atoms with Gasteiger partial charge in [-0.05, 0) is 37.3 Å². The molecule has 0 saturated heterocycles. The molecule has 172 valence electrons. The summed E-state index contributed by atoms with van der Waals surface area (Å²) in [6.45, 7) is 2.92. The number of anilines is 1. The van der Waals surface area contributed by atoms with Crippen molar-refractivity contribution in [3.8, 4) is 0 Å². The first-order valence-electron chi connectivity index (χ1n) is 10.0. The van der Waals surface area contributed by atoms with Crippen molar-refractivity contribution >= 4 is 58.0 Å². The molecule has 0 saturated carbocycles. The minimum atomic E-state index is 0.413. The number of pyridine rings is 1. The number of hydrogen-bond donors (Lipinski definition) is 2. The molecule has 3 aromatic rings. The quantitative estimate of drug-likeness (QED) is 0.234. The van der Waals surface area contributed by atoms with Crippen LogP contribution in [0, 0.1) is 0 Å². The van der Waals surface area contributed by atoms with Crippen LogP contribution in [0.25, 0.3) is 0 Å². The molecule has 1 heterocycles. The predicted octanol–water partition coefficient (Wildman–Crippen LogP) is 6.00. The van der Waals surface area contributed by atoms with E-state index < -0.39 is 0 Å². The first-order valence-corrected chi connectivity index (χ1v) is 11.2. The van der Waals surface area contributed by atoms with Gasteiger partial charge in [0.1, 0.15) is 5.84 Å². The molecule has 10 heteroatoms. The molecule has 33 heavy (non-hydrogen) atoms. The number of nitrogens with zero attached hydrogens (tertiary/aromatic N) is 4. The van der Waals surface area contributed by atoms with E-state index in [4.69, 9.17) is 39.7 Å². The lowest BCUT2D eigenvalue weighted by molar-refractivity contribution is 0.140. The lowest BCUT2D eigenvalue weighted by Gasteiger charge is -2.19. The summed E-state index contributed by atoms with van der Waals surface area (Å²) < 4.78 is 0. The van der Waals surface area contributed by atoms with E-state index >= 15 is 0 Å². The highest BCUT2D eigenvalue weighted by Gasteiger charge is 2.11. The van der Waals surface area contributed by atoms with Crippen molar-refractivity contribution in [1.82, 2.24) is 15.4 Å². The molecule has 7 nitrogen and oxygen atoms in total. The van der Waals surface area contributed by atoms with Crippen molar-refractivity contribution in [3.63, 3.8) is 0 Å². The standard InChI is InChI=1S/C23H23Cl3N6O/c1-4-32(3)23(27-2)16-7-5-15(6-8-16)22(29-20-11-9-17(24)13-19(20)26)31-33-30-21-12-10-18(25)14-28-21/h5-14H,4H2,1-3H3,(H,28,30)(H,29,31). The summed E-state index contributed by atoms with van der Waals surface area (Å²) in [6.07, 6.45) is 1.51. The van der Waals surface area contributed by atoms with E-state index in [1.54, 1.807) is 37.4 Å². The second-order valence-corrected chi connectivity index (χ2v) is 8.14. The Hall–Kier alpha value is -2.84. The minimum absolute atomic E-state index is 0.413. The zero-order valence-electron chi connectivity index (χ0n) is 18.3. The number of hydrogen-bond acceptors (Lipinski definition) is 5. The number of aromatic nitrogens is 1. The molecule has 2 aromatic carbocycles. The van der Waals surface area contributed by atoms with Gasteiger partial charge in [-0.1, -0.05) is 59.1 Å². The second kappa shape index (κ2) is 11.9. The van der Waals surface area contributed by atoms with Crippen molar-refractivity contribution in [2.24, 2.45) is 9.98 Å². The zero-order valence-corrected chi connectivity index (χ0v) is 20.6. The molecule has 2 N–H and O–H groups in total. The third kappa shape index (κ3) is 6.82. The summed E-state index contributed by atoms with van der Waals surface area (Å²) in [5.74, 6) is 1.78. The van der Waals surface area contributed by atoms with Crippen molar-refractivity contribution in [2.45, 2.75) is 6.92 Å². The SMILES string of the molecule is CCN(C)C(=NC)c1ccc(C(=Nc2ccc(Cl)cc2Cl)NONc2ccc(Cl)cn2)cc1. The fourth-order valence-corrected chi connectivity index (χ4v) is 3.41. The smallest absolute Gasteiger partial charge is 0.159 e. The average Bonchev–Trinajstić information content (AvgIpc) is 2.82. The molecule has 0 aliphatic heterocycles. The van der Waals surface area contributed by atoms with Crippen LogP contribution in [0.4, 0.5) is 11.5 Å². The third-order valence-corrected chi connectivity index (χ3v) is 5.40. The molecular weight excluding hydrogens is 483 g/mol. The molecule has 0 fully saturated rings. The number of amidine groups is 2. The molecule has 0 aliphatic carbocycles. The van der Waals surface area contributed by atoms with Crippen molar-refractivity contribution < 1.29 is 4.94 Å². The number of benzene rings is 2. The highest BCUT2D eigenvalue weighted by Crippen LogP contribution is 2.28. The van der Waals surface area contributed by atoms with Crippen LogP contribution in [0.1, 0.15) is 18.1 Å². The predicted molar refractivity (Wildman–Crippen MR) is 137 cm³/mol. The Balaban J connectivity index is 1.87. The van der Waals surface area contributed by atoms with Crippen molar-refractivity contribution in [3.05, 3.63) is 87.0 Å². The Kier molecular flexibility index (Phi) is 8.91. The molecule has 0 bridgehead atoms. The molecule has 0 radical (unpaired) electrons. The van der Waals surface area contributed by atoms with Crippen LogP contribution < -0.4 is 11.0 Å². The Labute approximate surface area is 208 Å². The van der Waals surface area contributed by atoms with Crippen molar-refractivity contribution in [1.29, 1.82) is 0 Å². The van der Waals surface area contributed by atoms with Gasteiger partial charge in [0.2, 0.25) is 0 Å². The lowest BCUT2D eigenvalue weighted by atomic mass is 10.1. The van der Waals surface area contributed by atoms with E-state index in [-0.39, 0.29) is 0 Å². The molecule has 3 rings (SSSR count). The average molecular weight is 506 g/mol. The lowest BCUT2D eigenvalue weighted by Crippen LogP contribution is -2.29. The van der Waals surface area contributed by atoms with E-state index in [0.717, 1.165) is 23.5 Å². The van der Waals surface area contributed by atoms with Gasteiger partial charge >= 0.3 is 0 Å². The number of nitrogens with one attached hydrogen (secondary N) is 2. The van der Waals surface area contributed by atoms with Crippen LogP contribution in [-0.2, 0) is 4.94 Å². The van der Waals surface area contributed by atoms with E-state index in [1.165, 1.54) is 6.20 Å². The van der Waals surface area contributed by atoms with Crippen molar-refractivity contribution in [2.75, 3.05) is 26.1 Å². The van der Waals surface area contributed by atoms with Gasteiger partial charge in [0.05, 0.1) is 15.7 Å². The molecule has 0 atom stereocenters. The zero-order chi connectivity index (χ0) is 23.8. The van der Waals surface area contributed by atoms with Gasteiger partial charge in [0.15, 0.2) is 11.7 Å². The summed E-state index contributed by atoms with van der Waals surface area (Å²) in [4.78, 5) is 20.6. The summed E-state index contributed by atoms with van der Waals surface area (Å²) in [7, 11) is 3.77. The maximum atomic E-state index is 6.32. The molecule has 0 amide bonds. The van der Waals surface area contributed by atoms with E-state index in [1.807, 2.05) is 31.3 Å². The summed E-state index contributed by atoms with van der Waals surface area (Å²) in [6, 6.07) is 16.2. The van der Waals surface area contributed by atoms with Crippen LogP contribution in [0.15, 0.2) is 70.8 Å². The first kappa shape index (κ1) is 24.8. The minimum Gasteiger partial charge on any atom is -0.360 e. The first-order chi connectivity index (χ1) is 15.9. The van der Waals surface area contributed by atoms with Gasteiger partial charge in [-0.15, -0.1) is 0 Å². The molecular formula is C23H23Cl3N6O. The Morgan fingerprint density at radius 2 is 1.70 bits per heavy atom. The Morgan fingerprint density at radius 1 is 1.00 bits per heavy atom. The fraction of sp³-hybridized carbons (Fsp3) is 0.174. The highest BCUT2D eigenvalue weighted by atomic mass is 35.5. The summed E-state index contributed by atoms with van der Waals surface area (Å²) in [5, 5.41) is 1.46. The van der Waals surface area contributed by atoms with E-state index in [9.17, 15) is 0 Å². The van der Waals surface area contributed by atoms with Crippen LogP contribution in [0.2, 0.25) is 15.1 Å². The maximum absolute atomic E-state index is 6.32. The monoisotopic (exact) mass is 504 g/mol. The van der Waals surface area contributed by atoms with Gasteiger partial charge < -0.3 is 4.90 Å². The van der Waals surface area contributed by atoms with Crippen LogP contribution >= 0.6 is 34.8 Å². The largest absolute Gasteiger partial charge is 0.360 e. The normalized spacial score (nSPS) is 11.9. The van der Waals surface area contributed by atoms with E-state index in [0.29, 0.717) is 32.4 Å². The fourth-order valence-electron chi connectivity index (χ4n) is 2.85. The van der Waals surface area contributed by atoms with Crippen LogP contribution in [-0.4, -0.2) is 42.2 Å². The van der Waals surface area contributed by atoms with Gasteiger partial charge in [-0.25, -0.2) is 20.9 Å². The van der Waals surface area contributed by atoms with Crippen LogP contribution in [0.3, 0.4) is 0 Å². The molecule has 0 spiro atoms. The Bertz CT molecular complexity index is 1130. The summed E-state index contributed by atoms with van der Waals surface area (Å²) >= 11 is 18.2. The molecule has 1 aromatic heterocycles. The van der Waals surface area contributed by atoms with E-state index in [2.05, 4.69) is 37.8 Å². The topological polar surface area (TPSA) is 74.1 Å². The van der Waals surface area contributed by atoms with Crippen LogP contribution in [0.5, 0.6) is 0 Å². The van der Waals surface area contributed by atoms with Gasteiger partial charge in [-0.3, -0.25) is 4.99 Å². The van der Waals surface area contributed by atoms with Gasteiger partial charge in [0, 0.05) is 43.0 Å². The van der Waals surface area contributed by atoms with Gasteiger partial charge in [-0.2, -0.15) is 4.94 Å². The Morgan fingerprint density at radius 3 is 2.30 bits per heavy atom. The molecule has 0 unspecified atom stereocenters. The maximum Gasteiger partial charge on any atom is 0.159 e. The summed E-state index contributed by atoms with van der Waals surface area (Å²) in [5.41, 5.74) is 7.80. The third-order valence-electron chi connectivity index (χ3n) is 4.64. The highest BCUT2D eigenvalue weighted by molar-refractivity contribution is 6.36.